The summed E-state index contributed by atoms with van der Waals surface area (Å²) in [5.74, 6) is 0. The molecule has 0 aromatic heterocycles. The Bertz CT molecular complexity index is 72.5. The Balaban J connectivity index is 0. The molecule has 0 radical (unpaired) electrons. The second-order valence-corrected chi connectivity index (χ2v) is 2.21. The summed E-state index contributed by atoms with van der Waals surface area (Å²) in [4.78, 5) is 0. The van der Waals surface area contributed by atoms with Gasteiger partial charge in [0.15, 0.2) is 0 Å². The number of methoxy groups -OCH3 is 2. The van der Waals surface area contributed by atoms with Crippen molar-refractivity contribution in [1.82, 2.24) is 0 Å². The fourth-order valence-corrected chi connectivity index (χ4v) is 0.606. The van der Waals surface area contributed by atoms with Crippen molar-refractivity contribution in [3.8, 4) is 0 Å². The molecule has 0 atom stereocenters. The summed E-state index contributed by atoms with van der Waals surface area (Å²) in [6.45, 7) is 3.77. The van der Waals surface area contributed by atoms with Gasteiger partial charge < -0.3 is 18.9 Å². The summed E-state index contributed by atoms with van der Waals surface area (Å²) in [6, 6.07) is 0. The average Bonchev–Trinajstić information content (AvgIpc) is 2.10. The van der Waals surface area contributed by atoms with Crippen molar-refractivity contribution in [2.45, 2.75) is 0 Å². The fourth-order valence-electron chi connectivity index (χ4n) is 0.606. The summed E-state index contributed by atoms with van der Waals surface area (Å²) in [5.41, 5.74) is 0. The second-order valence-electron chi connectivity index (χ2n) is 2.21. The summed E-state index contributed by atoms with van der Waals surface area (Å²) in [5, 5.41) is 0. The van der Waals surface area contributed by atoms with Gasteiger partial charge >= 0.3 is 48.9 Å². The van der Waals surface area contributed by atoms with Crippen LogP contribution in [-0.4, -0.2) is 103 Å². The third kappa shape index (κ3) is 16.1. The molecule has 78 valence electrons. The van der Waals surface area contributed by atoms with Crippen LogP contribution in [0.1, 0.15) is 0 Å². The third-order valence-corrected chi connectivity index (χ3v) is 1.24. The van der Waals surface area contributed by atoms with Crippen LogP contribution in [0.3, 0.4) is 0 Å². The maximum atomic E-state index is 5.16. The zero-order valence-electron chi connectivity index (χ0n) is 7.88. The maximum absolute atomic E-state index is 5.16. The van der Waals surface area contributed by atoms with Crippen molar-refractivity contribution in [3.05, 3.63) is 0 Å². The number of ether oxygens (including phenoxy) is 4. The van der Waals surface area contributed by atoms with Crippen molar-refractivity contribution in [2.75, 3.05) is 53.9 Å². The molecule has 0 rings (SSSR count). The monoisotopic (exact) mass is 318 g/mol. The Morgan fingerprint density at radius 3 is 1.23 bits per heavy atom. The van der Waals surface area contributed by atoms with Gasteiger partial charge in [0.25, 0.3) is 0 Å². The van der Waals surface area contributed by atoms with E-state index in [-0.39, 0.29) is 48.9 Å². The van der Waals surface area contributed by atoms with Gasteiger partial charge in [-0.1, -0.05) is 0 Å². The predicted molar refractivity (Wildman–Crippen MR) is 53.9 cm³/mol. The van der Waals surface area contributed by atoms with Gasteiger partial charge in [-0.25, -0.2) is 0 Å². The van der Waals surface area contributed by atoms with E-state index >= 15 is 0 Å². The zero-order chi connectivity index (χ0) is 9.07. The Morgan fingerprint density at radius 2 is 0.923 bits per heavy atom. The molecule has 0 bridgehead atoms. The molecule has 0 saturated carbocycles. The van der Waals surface area contributed by atoms with Gasteiger partial charge in [-0.3, -0.25) is 0 Å². The molecule has 0 unspecified atom stereocenters. The molecule has 0 fully saturated rings. The molecule has 0 spiro atoms. The van der Waals surface area contributed by atoms with E-state index < -0.39 is 0 Å². The normalized spacial score (nSPS) is 9.69. The minimum absolute atomic E-state index is 0. The number of hydrogen-bond donors (Lipinski definition) is 0. The van der Waals surface area contributed by atoms with Crippen molar-refractivity contribution >= 4 is 48.9 Å². The molecule has 4 nitrogen and oxygen atoms in total. The van der Waals surface area contributed by atoms with Crippen molar-refractivity contribution in [3.63, 3.8) is 0 Å². The minimum atomic E-state index is 0. The third-order valence-electron chi connectivity index (χ3n) is 1.24. The first-order chi connectivity index (χ1) is 5.91. The van der Waals surface area contributed by atoms with Crippen LogP contribution in [-0.2, 0) is 18.9 Å². The quantitative estimate of drug-likeness (QED) is 0.420. The van der Waals surface area contributed by atoms with Crippen molar-refractivity contribution < 1.29 is 18.9 Å². The molecule has 0 aliphatic heterocycles. The molecule has 13 heavy (non-hydrogen) atoms. The fraction of sp³-hybridized carbons (Fsp3) is 1.00. The molecule has 0 aliphatic rings. The molecule has 0 N–H and O–H groups in total. The van der Waals surface area contributed by atoms with Crippen LogP contribution in [0.5, 0.6) is 0 Å². The van der Waals surface area contributed by atoms with Crippen LogP contribution < -0.4 is 0 Å². The average molecular weight is 318 g/mol. The molecule has 0 amide bonds. The molecular weight excluding hydrogens is 297 g/mol. The van der Waals surface area contributed by atoms with Crippen LogP contribution >= 0.6 is 0 Å². The summed E-state index contributed by atoms with van der Waals surface area (Å²) < 4.78 is 19.9. The van der Waals surface area contributed by atoms with Crippen LogP contribution in [0.2, 0.25) is 0 Å². The van der Waals surface area contributed by atoms with Gasteiger partial charge in [-0.15, -0.1) is 0 Å². The first-order valence-electron chi connectivity index (χ1n) is 4.05. The molecule has 0 aromatic carbocycles. The standard InChI is InChI=1S/C8H18O4.Ba.2H/c1-9-3-5-11-7-8-12-6-4-10-2;;;/h3-8H2,1-2H3;;;. The molecule has 5 heteroatoms. The Labute approximate surface area is 120 Å². The van der Waals surface area contributed by atoms with Gasteiger partial charge in [-0.2, -0.15) is 0 Å². The molecule has 0 aromatic rings. The number of hydrogen-bond acceptors (Lipinski definition) is 4. The van der Waals surface area contributed by atoms with E-state index in [0.717, 1.165) is 0 Å². The van der Waals surface area contributed by atoms with Gasteiger partial charge in [0, 0.05) is 14.2 Å². The van der Waals surface area contributed by atoms with Gasteiger partial charge in [-0.05, 0) is 0 Å². The SMILES string of the molecule is COCCOCCOCCOC.[BaH2]. The van der Waals surface area contributed by atoms with Gasteiger partial charge in [0.1, 0.15) is 0 Å². The Kier molecular flexibility index (Phi) is 20.5. The summed E-state index contributed by atoms with van der Waals surface area (Å²) in [6.07, 6.45) is 0. The molecule has 0 heterocycles. The van der Waals surface area contributed by atoms with E-state index in [2.05, 4.69) is 0 Å². The topological polar surface area (TPSA) is 36.9 Å². The van der Waals surface area contributed by atoms with Crippen LogP contribution in [0, 0.1) is 0 Å². The first kappa shape index (κ1) is 16.8. The van der Waals surface area contributed by atoms with E-state index in [0.29, 0.717) is 39.6 Å². The summed E-state index contributed by atoms with van der Waals surface area (Å²) >= 11 is 0. The molecule has 0 saturated heterocycles. The first-order valence-corrected chi connectivity index (χ1v) is 4.05. The molecular formula is C8H20BaO4. The van der Waals surface area contributed by atoms with E-state index in [4.69, 9.17) is 18.9 Å². The summed E-state index contributed by atoms with van der Waals surface area (Å²) in [7, 11) is 3.30. The van der Waals surface area contributed by atoms with E-state index in [1.807, 2.05) is 0 Å². The Hall–Kier alpha value is 1.41. The predicted octanol–water partition coefficient (Wildman–Crippen LogP) is -0.604. The van der Waals surface area contributed by atoms with Gasteiger partial charge in [0.05, 0.1) is 39.6 Å². The van der Waals surface area contributed by atoms with Crippen molar-refractivity contribution in [2.24, 2.45) is 0 Å². The van der Waals surface area contributed by atoms with Crippen LogP contribution in [0.25, 0.3) is 0 Å². The second kappa shape index (κ2) is 15.9. The van der Waals surface area contributed by atoms with Crippen LogP contribution in [0.4, 0.5) is 0 Å². The zero-order valence-corrected chi connectivity index (χ0v) is 7.88. The van der Waals surface area contributed by atoms with E-state index in [9.17, 15) is 0 Å². The van der Waals surface area contributed by atoms with Crippen LogP contribution in [0.15, 0.2) is 0 Å². The van der Waals surface area contributed by atoms with Crippen molar-refractivity contribution in [1.29, 1.82) is 0 Å². The molecule has 0 aliphatic carbocycles. The Morgan fingerprint density at radius 1 is 0.615 bits per heavy atom. The van der Waals surface area contributed by atoms with E-state index in [1.165, 1.54) is 0 Å². The number of rotatable bonds is 9. The van der Waals surface area contributed by atoms with Gasteiger partial charge in [0.2, 0.25) is 0 Å². The van der Waals surface area contributed by atoms with E-state index in [1.54, 1.807) is 14.2 Å².